The van der Waals surface area contributed by atoms with E-state index in [0.717, 1.165) is 0 Å². The molecule has 21 heavy (non-hydrogen) atoms. The highest BCUT2D eigenvalue weighted by molar-refractivity contribution is 9.10. The van der Waals surface area contributed by atoms with E-state index in [1.54, 1.807) is 30.3 Å². The van der Waals surface area contributed by atoms with Gasteiger partial charge in [-0.2, -0.15) is 0 Å². The predicted molar refractivity (Wildman–Crippen MR) is 83.0 cm³/mol. The highest BCUT2D eigenvalue weighted by Gasteiger charge is 2.09. The first-order valence-electron chi connectivity index (χ1n) is 6.29. The minimum atomic E-state index is -0.477. The fourth-order valence-corrected chi connectivity index (χ4v) is 2.19. The third kappa shape index (κ3) is 4.54. The van der Waals surface area contributed by atoms with Crippen LogP contribution < -0.4 is 15.8 Å². The molecule has 0 aliphatic carbocycles. The van der Waals surface area contributed by atoms with Crippen LogP contribution in [-0.2, 0) is 0 Å². The van der Waals surface area contributed by atoms with E-state index in [1.165, 1.54) is 12.1 Å². The van der Waals surface area contributed by atoms with Crippen molar-refractivity contribution < 1.29 is 13.9 Å². The number of carbonyl (C=O) groups is 1. The number of hydrogen-bond acceptors (Lipinski definition) is 3. The van der Waals surface area contributed by atoms with Crippen LogP contribution in [0.4, 0.5) is 10.1 Å². The lowest BCUT2D eigenvalue weighted by Crippen LogP contribution is -2.13. The minimum absolute atomic E-state index is 0.232. The van der Waals surface area contributed by atoms with Gasteiger partial charge in [-0.1, -0.05) is 22.0 Å². The Morgan fingerprint density at radius 3 is 2.81 bits per heavy atom. The fourth-order valence-electron chi connectivity index (χ4n) is 1.73. The average molecular weight is 353 g/mol. The Morgan fingerprint density at radius 1 is 1.29 bits per heavy atom. The van der Waals surface area contributed by atoms with Crippen LogP contribution in [0, 0.1) is 5.82 Å². The SMILES string of the molecule is NCCOc1cccc(NC(=O)c2cc(F)cc(Br)c2)c1. The minimum Gasteiger partial charge on any atom is -0.492 e. The maximum atomic E-state index is 13.3. The summed E-state index contributed by atoms with van der Waals surface area (Å²) >= 11 is 3.15. The number of anilines is 1. The van der Waals surface area contributed by atoms with E-state index < -0.39 is 11.7 Å². The third-order valence-corrected chi connectivity index (χ3v) is 3.06. The van der Waals surface area contributed by atoms with Crippen LogP contribution in [0.5, 0.6) is 5.75 Å². The van der Waals surface area contributed by atoms with Gasteiger partial charge in [0.2, 0.25) is 0 Å². The van der Waals surface area contributed by atoms with Crippen molar-refractivity contribution in [2.45, 2.75) is 0 Å². The van der Waals surface area contributed by atoms with Crippen molar-refractivity contribution in [3.05, 3.63) is 58.3 Å². The molecule has 0 atom stereocenters. The quantitative estimate of drug-likeness (QED) is 0.868. The predicted octanol–water partition coefficient (Wildman–Crippen LogP) is 3.18. The van der Waals surface area contributed by atoms with Gasteiger partial charge in [0.1, 0.15) is 18.2 Å². The summed E-state index contributed by atoms with van der Waals surface area (Å²) in [6, 6.07) is 10.9. The molecule has 0 unspecified atom stereocenters. The van der Waals surface area contributed by atoms with E-state index in [2.05, 4.69) is 21.2 Å². The Labute approximate surface area is 130 Å². The topological polar surface area (TPSA) is 64.3 Å². The maximum Gasteiger partial charge on any atom is 0.255 e. The maximum absolute atomic E-state index is 13.3. The van der Waals surface area contributed by atoms with Gasteiger partial charge in [0, 0.05) is 28.3 Å². The molecule has 4 nitrogen and oxygen atoms in total. The van der Waals surface area contributed by atoms with Gasteiger partial charge in [-0.15, -0.1) is 0 Å². The molecule has 0 aliphatic rings. The Morgan fingerprint density at radius 2 is 2.10 bits per heavy atom. The van der Waals surface area contributed by atoms with Crippen molar-refractivity contribution in [2.24, 2.45) is 5.73 Å². The molecule has 0 bridgehead atoms. The number of amides is 1. The van der Waals surface area contributed by atoms with E-state index in [9.17, 15) is 9.18 Å². The van der Waals surface area contributed by atoms with Gasteiger partial charge in [-0.25, -0.2) is 4.39 Å². The summed E-state index contributed by atoms with van der Waals surface area (Å²) in [5.74, 6) is -0.264. The van der Waals surface area contributed by atoms with Crippen molar-refractivity contribution >= 4 is 27.5 Å². The molecule has 0 saturated heterocycles. The molecule has 0 aliphatic heterocycles. The molecule has 2 aromatic carbocycles. The first-order valence-corrected chi connectivity index (χ1v) is 7.08. The third-order valence-electron chi connectivity index (χ3n) is 2.60. The van der Waals surface area contributed by atoms with Crippen LogP contribution in [0.3, 0.4) is 0 Å². The standard InChI is InChI=1S/C15H14BrFN2O2/c16-11-6-10(7-12(17)8-11)15(20)19-13-2-1-3-14(9-13)21-5-4-18/h1-3,6-9H,4-5,18H2,(H,19,20). The van der Waals surface area contributed by atoms with E-state index >= 15 is 0 Å². The molecule has 6 heteroatoms. The zero-order valence-electron chi connectivity index (χ0n) is 11.1. The molecule has 0 aromatic heterocycles. The fraction of sp³-hybridized carbons (Fsp3) is 0.133. The smallest absolute Gasteiger partial charge is 0.255 e. The van der Waals surface area contributed by atoms with Crippen molar-refractivity contribution in [1.82, 2.24) is 0 Å². The van der Waals surface area contributed by atoms with Gasteiger partial charge < -0.3 is 15.8 Å². The Kier molecular flexibility index (Phi) is 5.30. The van der Waals surface area contributed by atoms with E-state index in [1.807, 2.05) is 0 Å². The Hall–Kier alpha value is -1.92. The second kappa shape index (κ2) is 7.19. The van der Waals surface area contributed by atoms with Crippen molar-refractivity contribution in [3.63, 3.8) is 0 Å². The lowest BCUT2D eigenvalue weighted by Gasteiger charge is -2.09. The number of rotatable bonds is 5. The van der Waals surface area contributed by atoms with Gasteiger partial charge in [0.25, 0.3) is 5.91 Å². The van der Waals surface area contributed by atoms with Crippen LogP contribution in [0.15, 0.2) is 46.9 Å². The lowest BCUT2D eigenvalue weighted by atomic mass is 10.2. The van der Waals surface area contributed by atoms with E-state index in [4.69, 9.17) is 10.5 Å². The summed E-state index contributed by atoms with van der Waals surface area (Å²) in [4.78, 5) is 12.1. The van der Waals surface area contributed by atoms with Crippen LogP contribution in [0.1, 0.15) is 10.4 Å². The summed E-state index contributed by atoms with van der Waals surface area (Å²) in [6.07, 6.45) is 0. The normalized spacial score (nSPS) is 10.2. The lowest BCUT2D eigenvalue weighted by molar-refractivity contribution is 0.102. The number of hydrogen-bond donors (Lipinski definition) is 2. The average Bonchev–Trinajstić information content (AvgIpc) is 2.44. The first-order chi connectivity index (χ1) is 10.1. The number of ether oxygens (including phenoxy) is 1. The molecule has 0 spiro atoms. The molecule has 0 radical (unpaired) electrons. The van der Waals surface area contributed by atoms with Crippen molar-refractivity contribution in [1.29, 1.82) is 0 Å². The summed E-state index contributed by atoms with van der Waals surface area (Å²) < 4.78 is 19.2. The van der Waals surface area contributed by atoms with Crippen LogP contribution in [0.2, 0.25) is 0 Å². The van der Waals surface area contributed by atoms with Gasteiger partial charge in [0.05, 0.1) is 0 Å². The Bertz CT molecular complexity index is 629. The molecular weight excluding hydrogens is 339 g/mol. The van der Waals surface area contributed by atoms with E-state index in [-0.39, 0.29) is 5.56 Å². The molecule has 0 fully saturated rings. The number of halogens is 2. The molecule has 0 saturated carbocycles. The van der Waals surface area contributed by atoms with Crippen molar-refractivity contribution in [3.8, 4) is 5.75 Å². The van der Waals surface area contributed by atoms with Crippen LogP contribution in [-0.4, -0.2) is 19.1 Å². The van der Waals surface area contributed by atoms with E-state index in [0.29, 0.717) is 29.1 Å². The Balaban J connectivity index is 2.11. The molecular formula is C15H14BrFN2O2. The summed E-state index contributed by atoms with van der Waals surface area (Å²) in [5.41, 5.74) is 6.16. The largest absolute Gasteiger partial charge is 0.492 e. The molecule has 3 N–H and O–H groups in total. The van der Waals surface area contributed by atoms with Gasteiger partial charge in [-0.3, -0.25) is 4.79 Å². The van der Waals surface area contributed by atoms with Gasteiger partial charge in [-0.05, 0) is 30.3 Å². The molecule has 110 valence electrons. The number of benzene rings is 2. The van der Waals surface area contributed by atoms with Gasteiger partial charge >= 0.3 is 0 Å². The number of carbonyl (C=O) groups excluding carboxylic acids is 1. The highest BCUT2D eigenvalue weighted by atomic mass is 79.9. The zero-order chi connectivity index (χ0) is 15.2. The second-order valence-electron chi connectivity index (χ2n) is 4.28. The second-order valence-corrected chi connectivity index (χ2v) is 5.19. The van der Waals surface area contributed by atoms with Crippen LogP contribution >= 0.6 is 15.9 Å². The summed E-state index contributed by atoms with van der Waals surface area (Å²) in [5, 5.41) is 2.69. The number of nitrogens with two attached hydrogens (primary N) is 1. The molecule has 2 aromatic rings. The van der Waals surface area contributed by atoms with Gasteiger partial charge in [0.15, 0.2) is 0 Å². The monoisotopic (exact) mass is 352 g/mol. The molecule has 1 amide bonds. The first kappa shape index (κ1) is 15.5. The van der Waals surface area contributed by atoms with Crippen molar-refractivity contribution in [2.75, 3.05) is 18.5 Å². The highest BCUT2D eigenvalue weighted by Crippen LogP contribution is 2.19. The molecule has 2 rings (SSSR count). The van der Waals surface area contributed by atoms with Crippen LogP contribution in [0.25, 0.3) is 0 Å². The zero-order valence-corrected chi connectivity index (χ0v) is 12.7. The molecule has 0 heterocycles. The number of nitrogens with one attached hydrogen (secondary N) is 1. The summed E-state index contributed by atoms with van der Waals surface area (Å²) in [6.45, 7) is 0.808. The summed E-state index contributed by atoms with van der Waals surface area (Å²) in [7, 11) is 0.